The zero-order valence-electron chi connectivity index (χ0n) is 7.88. The van der Waals surface area contributed by atoms with Crippen molar-refractivity contribution in [2.24, 2.45) is 5.73 Å². The maximum Gasteiger partial charge on any atom is 0.180 e. The summed E-state index contributed by atoms with van der Waals surface area (Å²) in [6, 6.07) is 0.934. The lowest BCUT2D eigenvalue weighted by atomic mass is 10.1. The molecule has 3 N–H and O–H groups in total. The molecule has 0 radical (unpaired) electrons. The highest BCUT2D eigenvalue weighted by atomic mass is 79.9. The fraction of sp³-hybridized carbons (Fsp3) is 0.222. The molecule has 1 rings (SSSR count). The Morgan fingerprint density at radius 2 is 2.33 bits per heavy atom. The number of ketones is 1. The van der Waals surface area contributed by atoms with Gasteiger partial charge in [-0.2, -0.15) is 0 Å². The van der Waals surface area contributed by atoms with Crippen LogP contribution in [0.4, 0.5) is 4.39 Å². The average Bonchev–Trinajstić information content (AvgIpc) is 2.23. The fourth-order valence-corrected chi connectivity index (χ4v) is 1.71. The van der Waals surface area contributed by atoms with Crippen LogP contribution in [0.3, 0.4) is 0 Å². The second kappa shape index (κ2) is 4.59. The van der Waals surface area contributed by atoms with Gasteiger partial charge in [-0.1, -0.05) is 0 Å². The summed E-state index contributed by atoms with van der Waals surface area (Å²) in [5.41, 5.74) is 4.84. The Hall–Kier alpha value is -1.14. The van der Waals surface area contributed by atoms with E-state index < -0.39 is 11.6 Å². The SMILES string of the molecule is COc1cc(F)c(C(=O)CN)c(Br)c1O. The minimum Gasteiger partial charge on any atom is -0.503 e. The van der Waals surface area contributed by atoms with Gasteiger partial charge in [-0.25, -0.2) is 4.39 Å². The number of phenols is 1. The van der Waals surface area contributed by atoms with E-state index in [0.29, 0.717) is 0 Å². The van der Waals surface area contributed by atoms with Crippen molar-refractivity contribution in [1.82, 2.24) is 0 Å². The molecule has 0 atom stereocenters. The first-order chi connectivity index (χ1) is 7.02. The molecule has 15 heavy (non-hydrogen) atoms. The molecule has 0 spiro atoms. The Kier molecular flexibility index (Phi) is 3.65. The highest BCUT2D eigenvalue weighted by Crippen LogP contribution is 2.38. The Morgan fingerprint density at radius 3 is 2.80 bits per heavy atom. The molecule has 1 aromatic carbocycles. The standard InChI is InChI=1S/C9H9BrFNO3/c1-15-6-2-4(11)7(5(13)3-12)8(10)9(6)14/h2,14H,3,12H2,1H3. The second-order valence-electron chi connectivity index (χ2n) is 2.73. The van der Waals surface area contributed by atoms with Gasteiger partial charge >= 0.3 is 0 Å². The topological polar surface area (TPSA) is 72.5 Å². The molecule has 0 saturated heterocycles. The molecule has 0 aliphatic heterocycles. The highest BCUT2D eigenvalue weighted by molar-refractivity contribution is 9.10. The molecule has 1 aromatic rings. The first-order valence-corrected chi connectivity index (χ1v) is 4.80. The number of methoxy groups -OCH3 is 1. The Balaban J connectivity index is 3.42. The van der Waals surface area contributed by atoms with Crippen molar-refractivity contribution >= 4 is 21.7 Å². The minimum absolute atomic E-state index is 0.0465. The lowest BCUT2D eigenvalue weighted by molar-refractivity contribution is 0.0996. The van der Waals surface area contributed by atoms with Crippen LogP contribution in [-0.4, -0.2) is 24.5 Å². The molecule has 0 unspecified atom stereocenters. The van der Waals surface area contributed by atoms with E-state index in [1.54, 1.807) is 0 Å². The van der Waals surface area contributed by atoms with Crippen LogP contribution in [0.15, 0.2) is 10.5 Å². The molecule has 0 saturated carbocycles. The van der Waals surface area contributed by atoms with Crippen molar-refractivity contribution in [3.05, 3.63) is 21.9 Å². The van der Waals surface area contributed by atoms with Crippen LogP contribution in [0.1, 0.15) is 10.4 Å². The number of hydrogen-bond acceptors (Lipinski definition) is 4. The van der Waals surface area contributed by atoms with E-state index in [0.717, 1.165) is 6.07 Å². The molecule has 4 nitrogen and oxygen atoms in total. The van der Waals surface area contributed by atoms with Gasteiger partial charge in [0.15, 0.2) is 17.3 Å². The zero-order valence-corrected chi connectivity index (χ0v) is 9.47. The van der Waals surface area contributed by atoms with Crippen LogP contribution >= 0.6 is 15.9 Å². The van der Waals surface area contributed by atoms with Crippen molar-refractivity contribution in [2.45, 2.75) is 0 Å². The number of carbonyl (C=O) groups is 1. The van der Waals surface area contributed by atoms with Crippen molar-refractivity contribution in [1.29, 1.82) is 0 Å². The third-order valence-electron chi connectivity index (χ3n) is 1.84. The zero-order chi connectivity index (χ0) is 11.6. The van der Waals surface area contributed by atoms with Gasteiger partial charge in [0.1, 0.15) is 5.82 Å². The van der Waals surface area contributed by atoms with E-state index in [2.05, 4.69) is 15.9 Å². The number of hydrogen-bond donors (Lipinski definition) is 2. The Bertz CT molecular complexity index is 409. The summed E-state index contributed by atoms with van der Waals surface area (Å²) in [5.74, 6) is -1.76. The second-order valence-corrected chi connectivity index (χ2v) is 3.52. The molecular formula is C9H9BrFNO3. The van der Waals surface area contributed by atoms with Gasteiger partial charge in [-0.05, 0) is 15.9 Å². The maximum absolute atomic E-state index is 13.4. The monoisotopic (exact) mass is 277 g/mol. The lowest BCUT2D eigenvalue weighted by Gasteiger charge is -2.09. The van der Waals surface area contributed by atoms with E-state index in [9.17, 15) is 14.3 Å². The number of carbonyl (C=O) groups excluding carboxylic acids is 1. The predicted octanol–water partition coefficient (Wildman–Crippen LogP) is 1.44. The van der Waals surface area contributed by atoms with Crippen LogP contribution in [0.5, 0.6) is 11.5 Å². The molecule has 0 aliphatic rings. The third kappa shape index (κ3) is 2.10. The van der Waals surface area contributed by atoms with Crippen molar-refractivity contribution in [2.75, 3.05) is 13.7 Å². The van der Waals surface area contributed by atoms with Gasteiger partial charge in [0, 0.05) is 6.07 Å². The number of ether oxygens (including phenoxy) is 1. The van der Waals surface area contributed by atoms with E-state index in [1.807, 2.05) is 0 Å². The molecule has 0 aliphatic carbocycles. The van der Waals surface area contributed by atoms with Crippen LogP contribution in [-0.2, 0) is 0 Å². The van der Waals surface area contributed by atoms with Gasteiger partial charge in [-0.3, -0.25) is 4.79 Å². The average molecular weight is 278 g/mol. The van der Waals surface area contributed by atoms with Gasteiger partial charge in [-0.15, -0.1) is 0 Å². The fourth-order valence-electron chi connectivity index (χ4n) is 1.10. The number of Topliss-reactive ketones (excluding diaryl/α,β-unsaturated/α-hetero) is 1. The molecule has 0 bridgehead atoms. The summed E-state index contributed by atoms with van der Waals surface area (Å²) in [5, 5.41) is 9.52. The van der Waals surface area contributed by atoms with E-state index >= 15 is 0 Å². The van der Waals surface area contributed by atoms with Gasteiger partial charge in [0.2, 0.25) is 0 Å². The summed E-state index contributed by atoms with van der Waals surface area (Å²) < 4.78 is 18.1. The smallest absolute Gasteiger partial charge is 0.180 e. The predicted molar refractivity (Wildman–Crippen MR) is 55.7 cm³/mol. The molecular weight excluding hydrogens is 269 g/mol. The normalized spacial score (nSPS) is 10.1. The van der Waals surface area contributed by atoms with Gasteiger partial charge in [0.25, 0.3) is 0 Å². The maximum atomic E-state index is 13.4. The lowest BCUT2D eigenvalue weighted by Crippen LogP contribution is -2.16. The summed E-state index contributed by atoms with van der Waals surface area (Å²) in [7, 11) is 1.28. The number of benzene rings is 1. The number of nitrogens with two attached hydrogens (primary N) is 1. The van der Waals surface area contributed by atoms with Crippen LogP contribution in [0.2, 0.25) is 0 Å². The van der Waals surface area contributed by atoms with E-state index in [-0.39, 0.29) is 28.1 Å². The summed E-state index contributed by atoms with van der Waals surface area (Å²) in [6.07, 6.45) is 0. The molecule has 82 valence electrons. The molecule has 0 heterocycles. The first-order valence-electron chi connectivity index (χ1n) is 4.01. The molecule has 0 fully saturated rings. The number of halogens is 2. The first kappa shape index (κ1) is 11.9. The van der Waals surface area contributed by atoms with Crippen molar-refractivity contribution in [3.8, 4) is 11.5 Å². The Morgan fingerprint density at radius 1 is 1.73 bits per heavy atom. The minimum atomic E-state index is -0.785. The van der Waals surface area contributed by atoms with Crippen LogP contribution in [0.25, 0.3) is 0 Å². The van der Waals surface area contributed by atoms with E-state index in [4.69, 9.17) is 10.5 Å². The summed E-state index contributed by atoms with van der Waals surface area (Å²) in [4.78, 5) is 11.3. The van der Waals surface area contributed by atoms with Crippen LogP contribution < -0.4 is 10.5 Å². The number of aromatic hydroxyl groups is 1. The van der Waals surface area contributed by atoms with Gasteiger partial charge < -0.3 is 15.6 Å². The third-order valence-corrected chi connectivity index (χ3v) is 2.61. The number of rotatable bonds is 3. The summed E-state index contributed by atoms with van der Waals surface area (Å²) >= 11 is 2.92. The summed E-state index contributed by atoms with van der Waals surface area (Å²) in [6.45, 7) is -0.332. The van der Waals surface area contributed by atoms with Crippen LogP contribution in [0, 0.1) is 5.82 Å². The van der Waals surface area contributed by atoms with Crippen molar-refractivity contribution < 1.29 is 19.0 Å². The largest absolute Gasteiger partial charge is 0.503 e. The van der Waals surface area contributed by atoms with E-state index in [1.165, 1.54) is 7.11 Å². The highest BCUT2D eigenvalue weighted by Gasteiger charge is 2.21. The quantitative estimate of drug-likeness (QED) is 0.821. The van der Waals surface area contributed by atoms with Gasteiger partial charge in [0.05, 0.1) is 23.7 Å². The molecule has 0 aromatic heterocycles. The molecule has 6 heteroatoms. The van der Waals surface area contributed by atoms with Crippen molar-refractivity contribution in [3.63, 3.8) is 0 Å². The number of phenolic OH excluding ortho intramolecular Hbond substituents is 1. The molecule has 0 amide bonds. The Labute approximate surface area is 94.0 Å².